The van der Waals surface area contributed by atoms with Gasteiger partial charge in [0.2, 0.25) is 0 Å². The fraction of sp³-hybridized carbons (Fsp3) is 0.704. The first-order valence-electron chi connectivity index (χ1n) is 11.0. The molecule has 0 aromatic heterocycles. The Morgan fingerprint density at radius 2 is 1.00 bits per heavy atom. The Morgan fingerprint density at radius 1 is 0.630 bits per heavy atom. The van der Waals surface area contributed by atoms with Crippen molar-refractivity contribution in [3.05, 3.63) is 48.6 Å². The van der Waals surface area contributed by atoms with Gasteiger partial charge < -0.3 is 0 Å². The SMILES string of the molecule is C=C(C)C(C)C(C)C.C=C(C)CCC(=C)C.C=C(C)CCCCCC.CC. The van der Waals surface area contributed by atoms with E-state index in [9.17, 15) is 0 Å². The highest BCUT2D eigenvalue weighted by atomic mass is 14.1. The van der Waals surface area contributed by atoms with Crippen molar-refractivity contribution in [2.45, 2.75) is 114 Å². The number of hydrogen-bond donors (Lipinski definition) is 0. The molecule has 0 radical (unpaired) electrons. The molecule has 0 bridgehead atoms. The molecule has 0 spiro atoms. The summed E-state index contributed by atoms with van der Waals surface area (Å²) in [5.74, 6) is 1.42. The molecule has 0 amide bonds. The minimum atomic E-state index is 0.676. The summed E-state index contributed by atoms with van der Waals surface area (Å²) >= 11 is 0. The van der Waals surface area contributed by atoms with Crippen molar-refractivity contribution in [3.63, 3.8) is 0 Å². The van der Waals surface area contributed by atoms with E-state index in [1.165, 1.54) is 54.4 Å². The highest BCUT2D eigenvalue weighted by molar-refractivity contribution is 4.96. The van der Waals surface area contributed by atoms with Crippen molar-refractivity contribution in [1.82, 2.24) is 0 Å². The van der Waals surface area contributed by atoms with Crippen LogP contribution < -0.4 is 0 Å². The predicted octanol–water partition coefficient (Wildman–Crippen LogP) is 10.3. The average molecular weight is 379 g/mol. The number of allylic oxidation sites excluding steroid dienone is 4. The molecule has 0 aliphatic heterocycles. The second kappa shape index (κ2) is 25.0. The highest BCUT2D eigenvalue weighted by Crippen LogP contribution is 2.16. The van der Waals surface area contributed by atoms with Gasteiger partial charge in [-0.2, -0.15) is 0 Å². The van der Waals surface area contributed by atoms with Crippen LogP contribution in [0.1, 0.15) is 114 Å². The van der Waals surface area contributed by atoms with Crippen LogP contribution >= 0.6 is 0 Å². The third kappa shape index (κ3) is 40.8. The van der Waals surface area contributed by atoms with Gasteiger partial charge in [-0.1, -0.05) is 89.7 Å². The molecule has 0 saturated heterocycles. The zero-order valence-corrected chi connectivity index (χ0v) is 20.9. The first-order valence-corrected chi connectivity index (χ1v) is 11.0. The number of unbranched alkanes of at least 4 members (excludes halogenated alkanes) is 3. The Balaban J connectivity index is -0.000000140. The summed E-state index contributed by atoms with van der Waals surface area (Å²) in [6.45, 7) is 36.5. The molecule has 1 atom stereocenters. The molecule has 0 rings (SSSR count). The maximum atomic E-state index is 3.88. The Hall–Kier alpha value is -1.04. The smallest absolute Gasteiger partial charge is 0.0214 e. The van der Waals surface area contributed by atoms with Crippen molar-refractivity contribution in [2.75, 3.05) is 0 Å². The van der Waals surface area contributed by atoms with Gasteiger partial charge in [0.25, 0.3) is 0 Å². The minimum Gasteiger partial charge on any atom is -0.100 e. The minimum absolute atomic E-state index is 0.676. The summed E-state index contributed by atoms with van der Waals surface area (Å²) in [7, 11) is 0. The zero-order chi connectivity index (χ0) is 22.4. The number of rotatable bonds is 10. The van der Waals surface area contributed by atoms with Crippen molar-refractivity contribution in [1.29, 1.82) is 0 Å². The summed E-state index contributed by atoms with van der Waals surface area (Å²) in [5.41, 5.74) is 5.10. The maximum Gasteiger partial charge on any atom is -0.0214 e. The Bertz CT molecular complexity index is 353. The summed E-state index contributed by atoms with van der Waals surface area (Å²) in [5, 5.41) is 0. The van der Waals surface area contributed by atoms with E-state index < -0.39 is 0 Å². The van der Waals surface area contributed by atoms with E-state index in [1.807, 2.05) is 27.7 Å². The lowest BCUT2D eigenvalue weighted by Gasteiger charge is -2.13. The average Bonchev–Trinajstić information content (AvgIpc) is 2.58. The second-order valence-electron chi connectivity index (χ2n) is 8.06. The molecule has 27 heavy (non-hydrogen) atoms. The van der Waals surface area contributed by atoms with Gasteiger partial charge in [0.15, 0.2) is 0 Å². The topological polar surface area (TPSA) is 0 Å². The third-order valence-electron chi connectivity index (χ3n) is 4.21. The van der Waals surface area contributed by atoms with Crippen molar-refractivity contribution >= 4 is 0 Å². The Kier molecular flexibility index (Phi) is 31.0. The van der Waals surface area contributed by atoms with Crippen LogP contribution in [0.3, 0.4) is 0 Å². The van der Waals surface area contributed by atoms with E-state index in [2.05, 4.69) is 67.9 Å². The molecule has 0 heterocycles. The fourth-order valence-electron chi connectivity index (χ4n) is 1.85. The molecule has 0 aliphatic carbocycles. The number of hydrogen-bond acceptors (Lipinski definition) is 0. The summed E-state index contributed by atoms with van der Waals surface area (Å²) < 4.78 is 0. The van der Waals surface area contributed by atoms with Crippen LogP contribution in [0.2, 0.25) is 0 Å². The molecule has 0 N–H and O–H groups in total. The van der Waals surface area contributed by atoms with Gasteiger partial charge in [-0.05, 0) is 65.2 Å². The van der Waals surface area contributed by atoms with Gasteiger partial charge in [0.1, 0.15) is 0 Å². The van der Waals surface area contributed by atoms with Gasteiger partial charge in [-0.3, -0.25) is 0 Å². The summed E-state index contributed by atoms with van der Waals surface area (Å²) in [6.07, 6.45) is 8.83. The van der Waals surface area contributed by atoms with Crippen LogP contribution in [0.5, 0.6) is 0 Å². The predicted molar refractivity (Wildman–Crippen MR) is 133 cm³/mol. The molecule has 0 fully saturated rings. The monoisotopic (exact) mass is 378 g/mol. The third-order valence-corrected chi connectivity index (χ3v) is 4.21. The van der Waals surface area contributed by atoms with Gasteiger partial charge in [-0.15, -0.1) is 19.7 Å². The normalized spacial score (nSPS) is 10.2. The van der Waals surface area contributed by atoms with Crippen molar-refractivity contribution in [3.8, 4) is 0 Å². The lowest BCUT2D eigenvalue weighted by Crippen LogP contribution is -2.03. The van der Waals surface area contributed by atoms with Crippen LogP contribution in [0.4, 0.5) is 0 Å². The van der Waals surface area contributed by atoms with Gasteiger partial charge in [-0.25, -0.2) is 0 Å². The van der Waals surface area contributed by atoms with Gasteiger partial charge >= 0.3 is 0 Å². The first kappa shape index (κ1) is 33.5. The van der Waals surface area contributed by atoms with Crippen LogP contribution in [-0.2, 0) is 0 Å². The Morgan fingerprint density at radius 3 is 1.19 bits per heavy atom. The largest absolute Gasteiger partial charge is 0.100 e. The molecule has 0 aromatic carbocycles. The van der Waals surface area contributed by atoms with E-state index in [0.717, 1.165) is 18.8 Å². The quantitative estimate of drug-likeness (QED) is 0.262. The van der Waals surface area contributed by atoms with Crippen LogP contribution in [0, 0.1) is 11.8 Å². The fourth-order valence-corrected chi connectivity index (χ4v) is 1.85. The molecule has 0 heteroatoms. The standard InChI is InChI=1S/C9H18.C8H14.C8H16.C2H6/c1-4-5-6-7-8-9(2)3;1-7(2)5-6-8(3)4;1-6(2)8(5)7(3)4;1-2/h2,4-8H2,1,3H3;1,3,5-6H2,2,4H3;7-8H,1H2,2-5H3;1-2H3. The Labute approximate surface area is 174 Å². The summed E-state index contributed by atoms with van der Waals surface area (Å²) in [6, 6.07) is 0. The van der Waals surface area contributed by atoms with E-state index in [0.29, 0.717) is 5.92 Å². The molecule has 0 saturated carbocycles. The molecule has 0 aliphatic rings. The van der Waals surface area contributed by atoms with Crippen LogP contribution in [0.25, 0.3) is 0 Å². The molecule has 162 valence electrons. The van der Waals surface area contributed by atoms with Gasteiger partial charge in [0, 0.05) is 0 Å². The van der Waals surface area contributed by atoms with Crippen molar-refractivity contribution < 1.29 is 0 Å². The van der Waals surface area contributed by atoms with Gasteiger partial charge in [0.05, 0.1) is 0 Å². The summed E-state index contributed by atoms with van der Waals surface area (Å²) in [4.78, 5) is 0. The molecule has 1 unspecified atom stereocenters. The second-order valence-corrected chi connectivity index (χ2v) is 8.06. The lowest BCUT2D eigenvalue weighted by atomic mass is 9.92. The molecule has 0 aromatic rings. The van der Waals surface area contributed by atoms with E-state index in [-0.39, 0.29) is 0 Å². The molecule has 0 nitrogen and oxygen atoms in total. The van der Waals surface area contributed by atoms with Crippen LogP contribution in [-0.4, -0.2) is 0 Å². The zero-order valence-electron chi connectivity index (χ0n) is 20.9. The van der Waals surface area contributed by atoms with Crippen LogP contribution in [0.15, 0.2) is 48.6 Å². The van der Waals surface area contributed by atoms with E-state index >= 15 is 0 Å². The molecular formula is C27H54. The van der Waals surface area contributed by atoms with Crippen molar-refractivity contribution in [2.24, 2.45) is 11.8 Å². The first-order chi connectivity index (χ1) is 12.4. The molecular weight excluding hydrogens is 324 g/mol. The van der Waals surface area contributed by atoms with E-state index in [4.69, 9.17) is 0 Å². The maximum absolute atomic E-state index is 3.88. The van der Waals surface area contributed by atoms with E-state index in [1.54, 1.807) is 0 Å². The lowest BCUT2D eigenvalue weighted by molar-refractivity contribution is 0.481. The highest BCUT2D eigenvalue weighted by Gasteiger charge is 2.05.